The van der Waals surface area contributed by atoms with E-state index in [9.17, 15) is 19.5 Å². The van der Waals surface area contributed by atoms with E-state index < -0.39 is 18.1 Å². The summed E-state index contributed by atoms with van der Waals surface area (Å²) < 4.78 is 17.1. The predicted molar refractivity (Wildman–Crippen MR) is 183 cm³/mol. The van der Waals surface area contributed by atoms with Crippen LogP contribution in [0.15, 0.2) is 12.2 Å². The number of allylic oxidation sites excluding steroid dienone is 2. The fourth-order valence-electron chi connectivity index (χ4n) is 5.25. The monoisotopic (exact) mass is 641 g/mol. The van der Waals surface area contributed by atoms with Gasteiger partial charge in [-0.1, -0.05) is 116 Å². The molecule has 0 heterocycles. The third kappa shape index (κ3) is 28.1. The van der Waals surface area contributed by atoms with Crippen molar-refractivity contribution in [2.45, 2.75) is 167 Å². The number of rotatable bonds is 32. The molecule has 0 aliphatic carbocycles. The van der Waals surface area contributed by atoms with E-state index in [1.54, 1.807) is 0 Å². The molecule has 0 rings (SSSR count). The molecule has 0 aliphatic heterocycles. The normalized spacial score (nSPS) is 13.2. The molecule has 1 N–H and O–H groups in total. The van der Waals surface area contributed by atoms with Crippen molar-refractivity contribution in [1.82, 2.24) is 0 Å². The molecule has 0 aromatic carbocycles. The lowest BCUT2D eigenvalue weighted by molar-refractivity contribution is -0.887. The highest BCUT2D eigenvalue weighted by atomic mass is 16.6. The molecule has 0 radical (unpaired) electrons. The van der Waals surface area contributed by atoms with Gasteiger partial charge in [0, 0.05) is 19.3 Å². The van der Waals surface area contributed by atoms with Crippen molar-refractivity contribution < 1.29 is 38.2 Å². The van der Waals surface area contributed by atoms with Crippen LogP contribution in [0.4, 0.5) is 0 Å². The first kappa shape index (κ1) is 43.1. The number of hydrogen-bond acceptors (Lipinski definition) is 6. The van der Waals surface area contributed by atoms with Crippen molar-refractivity contribution in [2.75, 3.05) is 41.0 Å². The summed E-state index contributed by atoms with van der Waals surface area (Å²) in [6.07, 6.45) is 26.8. The Hall–Kier alpha value is -1.93. The Kier molecular flexibility index (Phi) is 28.2. The van der Waals surface area contributed by atoms with Gasteiger partial charge in [-0.2, -0.15) is 0 Å². The van der Waals surface area contributed by atoms with E-state index in [1.165, 1.54) is 77.0 Å². The summed E-state index contributed by atoms with van der Waals surface area (Å²) in [6, 6.07) is -0.609. The summed E-state index contributed by atoms with van der Waals surface area (Å²) in [6.45, 7) is 4.66. The molecule has 264 valence electrons. The minimum Gasteiger partial charge on any atom is -0.477 e. The average molecular weight is 641 g/mol. The van der Waals surface area contributed by atoms with Gasteiger partial charge in [0.1, 0.15) is 6.61 Å². The second-order valence-electron chi connectivity index (χ2n) is 13.5. The van der Waals surface area contributed by atoms with E-state index in [4.69, 9.17) is 14.2 Å². The number of carbonyl (C=O) groups is 3. The molecule has 0 fully saturated rings. The van der Waals surface area contributed by atoms with Gasteiger partial charge in [0.15, 0.2) is 12.1 Å². The number of ether oxygens (including phenoxy) is 3. The number of carboxylic acids is 1. The second kappa shape index (κ2) is 29.5. The Morgan fingerprint density at radius 1 is 0.644 bits per heavy atom. The van der Waals surface area contributed by atoms with Gasteiger partial charge in [-0.05, 0) is 32.1 Å². The van der Waals surface area contributed by atoms with Gasteiger partial charge in [-0.3, -0.25) is 9.59 Å². The molecule has 0 aromatic rings. The van der Waals surface area contributed by atoms with Gasteiger partial charge in [0.2, 0.25) is 0 Å². The minimum atomic E-state index is -0.876. The topological polar surface area (TPSA) is 99.1 Å². The SMILES string of the molecule is CCCC/C=C/CCCCCCCC(=O)OCC(COCCC(C(=O)O)[N+](C)(C)C)OC(=O)CCCCCCCCCCCC. The van der Waals surface area contributed by atoms with Gasteiger partial charge in [0.05, 0.1) is 34.4 Å². The lowest BCUT2D eigenvalue weighted by Gasteiger charge is -2.31. The number of carboxylic acid groups (broad SMARTS) is 1. The number of esters is 2. The molecule has 8 heteroatoms. The van der Waals surface area contributed by atoms with Crippen molar-refractivity contribution in [3.05, 3.63) is 12.2 Å². The maximum atomic E-state index is 12.6. The summed E-state index contributed by atoms with van der Waals surface area (Å²) in [4.78, 5) is 36.6. The third-order valence-corrected chi connectivity index (χ3v) is 8.16. The molecule has 0 saturated carbocycles. The first-order valence-corrected chi connectivity index (χ1v) is 18.2. The maximum Gasteiger partial charge on any atom is 0.362 e. The van der Waals surface area contributed by atoms with E-state index in [-0.39, 0.29) is 36.2 Å². The summed E-state index contributed by atoms with van der Waals surface area (Å²) >= 11 is 0. The Labute approximate surface area is 276 Å². The first-order valence-electron chi connectivity index (χ1n) is 18.2. The van der Waals surface area contributed by atoms with Crippen LogP contribution in [0.2, 0.25) is 0 Å². The number of nitrogens with zero attached hydrogens (tertiary/aromatic N) is 1. The summed E-state index contributed by atoms with van der Waals surface area (Å²) in [5.74, 6) is -1.48. The fraction of sp³-hybridized carbons (Fsp3) is 0.865. The zero-order valence-electron chi connectivity index (χ0n) is 29.8. The van der Waals surface area contributed by atoms with Gasteiger partial charge >= 0.3 is 17.9 Å². The molecule has 2 unspecified atom stereocenters. The van der Waals surface area contributed by atoms with Crippen molar-refractivity contribution in [2.24, 2.45) is 0 Å². The number of hydrogen-bond donors (Lipinski definition) is 1. The van der Waals surface area contributed by atoms with Crippen LogP contribution in [-0.2, 0) is 28.6 Å². The highest BCUT2D eigenvalue weighted by molar-refractivity contribution is 5.72. The van der Waals surface area contributed by atoms with Gasteiger partial charge in [-0.25, -0.2) is 4.79 Å². The van der Waals surface area contributed by atoms with Gasteiger partial charge in [0.25, 0.3) is 0 Å². The molecule has 0 bridgehead atoms. The smallest absolute Gasteiger partial charge is 0.362 e. The second-order valence-corrected chi connectivity index (χ2v) is 13.5. The van der Waals surface area contributed by atoms with Crippen molar-refractivity contribution in [3.8, 4) is 0 Å². The maximum absolute atomic E-state index is 12.6. The standard InChI is InChI=1S/C37H69NO7/c1-6-8-10-12-14-16-18-20-21-23-25-27-35(39)44-32-33(31-43-30-29-34(37(41)42)38(3,4)5)45-36(40)28-26-24-22-19-17-15-13-11-9-7-2/h12,14,33-34H,6-11,13,15-32H2,1-5H3/p+1/b14-12+. The van der Waals surface area contributed by atoms with Crippen LogP contribution in [0, 0.1) is 0 Å². The summed E-state index contributed by atoms with van der Waals surface area (Å²) in [5.41, 5.74) is 0. The van der Waals surface area contributed by atoms with Crippen molar-refractivity contribution >= 4 is 17.9 Å². The fourth-order valence-corrected chi connectivity index (χ4v) is 5.25. The highest BCUT2D eigenvalue weighted by Gasteiger charge is 2.31. The number of unbranched alkanes of at least 4 members (excludes halogenated alkanes) is 16. The van der Waals surface area contributed by atoms with Crippen LogP contribution in [-0.4, -0.2) is 80.6 Å². The number of quaternary nitrogens is 1. The molecular weight excluding hydrogens is 570 g/mol. The minimum absolute atomic E-state index is 0.0509. The molecule has 0 amide bonds. The van der Waals surface area contributed by atoms with Crippen molar-refractivity contribution in [3.63, 3.8) is 0 Å². The summed E-state index contributed by atoms with van der Waals surface area (Å²) in [5, 5.41) is 9.55. The highest BCUT2D eigenvalue weighted by Crippen LogP contribution is 2.13. The zero-order chi connectivity index (χ0) is 33.6. The lowest BCUT2D eigenvalue weighted by Crippen LogP contribution is -2.50. The van der Waals surface area contributed by atoms with E-state index >= 15 is 0 Å². The van der Waals surface area contributed by atoms with Crippen LogP contribution in [0.3, 0.4) is 0 Å². The molecular formula is C37H70NO7+. The third-order valence-electron chi connectivity index (χ3n) is 8.16. The molecule has 0 aliphatic rings. The van der Waals surface area contributed by atoms with Crippen LogP contribution in [0.25, 0.3) is 0 Å². The van der Waals surface area contributed by atoms with Gasteiger partial charge < -0.3 is 23.8 Å². The summed E-state index contributed by atoms with van der Waals surface area (Å²) in [7, 11) is 5.51. The largest absolute Gasteiger partial charge is 0.477 e. The number of likely N-dealkylation sites (N-methyl/N-ethyl adjacent to an activating group) is 1. The van der Waals surface area contributed by atoms with Crippen LogP contribution >= 0.6 is 0 Å². The first-order chi connectivity index (χ1) is 21.6. The van der Waals surface area contributed by atoms with E-state index in [0.717, 1.165) is 44.9 Å². The number of carbonyl (C=O) groups excluding carboxylic acids is 2. The van der Waals surface area contributed by atoms with E-state index in [1.807, 2.05) is 21.1 Å². The van der Waals surface area contributed by atoms with Crippen LogP contribution < -0.4 is 0 Å². The average Bonchev–Trinajstić information content (AvgIpc) is 2.98. The van der Waals surface area contributed by atoms with Crippen LogP contribution in [0.5, 0.6) is 0 Å². The molecule has 0 saturated heterocycles. The Balaban J connectivity index is 4.45. The quantitative estimate of drug-likeness (QED) is 0.0339. The molecule has 0 spiro atoms. The molecule has 0 aromatic heterocycles. The Morgan fingerprint density at radius 2 is 1.13 bits per heavy atom. The van der Waals surface area contributed by atoms with Gasteiger partial charge in [-0.15, -0.1) is 0 Å². The zero-order valence-corrected chi connectivity index (χ0v) is 29.8. The lowest BCUT2D eigenvalue weighted by atomic mass is 10.1. The molecule has 2 atom stereocenters. The predicted octanol–water partition coefficient (Wildman–Crippen LogP) is 8.80. The molecule has 8 nitrogen and oxygen atoms in total. The number of aliphatic carboxylic acids is 1. The van der Waals surface area contributed by atoms with Crippen LogP contribution in [0.1, 0.15) is 155 Å². The Morgan fingerprint density at radius 3 is 1.67 bits per heavy atom. The van der Waals surface area contributed by atoms with Crippen molar-refractivity contribution in [1.29, 1.82) is 0 Å². The van der Waals surface area contributed by atoms with E-state index in [0.29, 0.717) is 19.3 Å². The molecule has 45 heavy (non-hydrogen) atoms. The Bertz CT molecular complexity index is 762. The van der Waals surface area contributed by atoms with E-state index in [2.05, 4.69) is 26.0 Å².